The SMILES string of the molecule is CC(C)COc1ccc(C(=O)c2cccc(N)c2)cc1C(C)(C)C. The number of carbonyl (C=O) groups excluding carboxylic acids is 1. The number of benzene rings is 2. The van der Waals surface area contributed by atoms with E-state index in [1.54, 1.807) is 24.3 Å². The molecule has 0 bridgehead atoms. The Morgan fingerprint density at radius 3 is 2.33 bits per heavy atom. The molecule has 0 aliphatic carbocycles. The molecular weight excluding hydrogens is 298 g/mol. The van der Waals surface area contributed by atoms with Gasteiger partial charge >= 0.3 is 0 Å². The number of rotatable bonds is 5. The van der Waals surface area contributed by atoms with Crippen molar-refractivity contribution in [1.29, 1.82) is 0 Å². The van der Waals surface area contributed by atoms with E-state index in [1.807, 2.05) is 18.2 Å². The highest BCUT2D eigenvalue weighted by Crippen LogP contribution is 2.33. The molecule has 2 aromatic rings. The van der Waals surface area contributed by atoms with Crippen molar-refractivity contribution in [2.24, 2.45) is 5.92 Å². The third kappa shape index (κ3) is 4.38. The molecule has 2 rings (SSSR count). The van der Waals surface area contributed by atoms with E-state index >= 15 is 0 Å². The van der Waals surface area contributed by atoms with E-state index in [2.05, 4.69) is 34.6 Å². The lowest BCUT2D eigenvalue weighted by atomic mass is 9.84. The van der Waals surface area contributed by atoms with Gasteiger partial charge in [-0.15, -0.1) is 0 Å². The molecule has 0 aliphatic heterocycles. The van der Waals surface area contributed by atoms with Gasteiger partial charge in [0.1, 0.15) is 5.75 Å². The molecule has 2 N–H and O–H groups in total. The zero-order valence-corrected chi connectivity index (χ0v) is 15.2. The van der Waals surface area contributed by atoms with Crippen LogP contribution >= 0.6 is 0 Å². The fourth-order valence-corrected chi connectivity index (χ4v) is 2.49. The Hall–Kier alpha value is -2.29. The molecule has 24 heavy (non-hydrogen) atoms. The maximum atomic E-state index is 12.8. The molecule has 0 atom stereocenters. The molecular formula is C21H27NO2. The van der Waals surface area contributed by atoms with Gasteiger partial charge in [0.05, 0.1) is 6.61 Å². The number of anilines is 1. The van der Waals surface area contributed by atoms with Gasteiger partial charge in [-0.2, -0.15) is 0 Å². The monoisotopic (exact) mass is 325 g/mol. The van der Waals surface area contributed by atoms with Gasteiger partial charge in [0.2, 0.25) is 0 Å². The summed E-state index contributed by atoms with van der Waals surface area (Å²) in [5.41, 5.74) is 8.57. The standard InChI is InChI=1S/C21H27NO2/c1-14(2)13-24-19-10-9-16(12-18(19)21(3,4)5)20(23)15-7-6-8-17(22)11-15/h6-12,14H,13,22H2,1-5H3. The minimum atomic E-state index is -0.113. The third-order valence-corrected chi connectivity index (χ3v) is 3.77. The summed E-state index contributed by atoms with van der Waals surface area (Å²) in [6, 6.07) is 12.8. The summed E-state index contributed by atoms with van der Waals surface area (Å²) in [6.45, 7) is 11.3. The quantitative estimate of drug-likeness (QED) is 0.632. The molecule has 0 unspecified atom stereocenters. The van der Waals surface area contributed by atoms with Crippen LogP contribution in [-0.2, 0) is 5.41 Å². The van der Waals surface area contributed by atoms with Crippen LogP contribution < -0.4 is 10.5 Å². The first-order valence-electron chi connectivity index (χ1n) is 8.36. The van der Waals surface area contributed by atoms with Crippen molar-refractivity contribution in [3.63, 3.8) is 0 Å². The fraction of sp³-hybridized carbons (Fsp3) is 0.381. The topological polar surface area (TPSA) is 52.3 Å². The number of nitrogens with two attached hydrogens (primary N) is 1. The van der Waals surface area contributed by atoms with Crippen molar-refractivity contribution >= 4 is 11.5 Å². The van der Waals surface area contributed by atoms with Gasteiger partial charge in [-0.25, -0.2) is 0 Å². The maximum Gasteiger partial charge on any atom is 0.193 e. The van der Waals surface area contributed by atoms with Crippen LogP contribution in [0.1, 0.15) is 56.1 Å². The Morgan fingerprint density at radius 2 is 1.75 bits per heavy atom. The number of carbonyl (C=O) groups is 1. The van der Waals surface area contributed by atoms with Crippen LogP contribution in [0.15, 0.2) is 42.5 Å². The molecule has 0 spiro atoms. The summed E-state index contributed by atoms with van der Waals surface area (Å²) in [4.78, 5) is 12.8. The number of hydrogen-bond acceptors (Lipinski definition) is 3. The highest BCUT2D eigenvalue weighted by atomic mass is 16.5. The van der Waals surface area contributed by atoms with Crippen molar-refractivity contribution in [2.75, 3.05) is 12.3 Å². The highest BCUT2D eigenvalue weighted by Gasteiger charge is 2.22. The summed E-state index contributed by atoms with van der Waals surface area (Å²) in [6.07, 6.45) is 0. The molecule has 0 heterocycles. The van der Waals surface area contributed by atoms with E-state index in [-0.39, 0.29) is 11.2 Å². The zero-order valence-electron chi connectivity index (χ0n) is 15.2. The smallest absolute Gasteiger partial charge is 0.193 e. The van der Waals surface area contributed by atoms with Crippen LogP contribution in [0.4, 0.5) is 5.69 Å². The molecule has 0 saturated carbocycles. The zero-order chi connectivity index (χ0) is 17.9. The first kappa shape index (κ1) is 18.1. The summed E-state index contributed by atoms with van der Waals surface area (Å²) < 4.78 is 5.95. The van der Waals surface area contributed by atoms with Gasteiger partial charge in [-0.1, -0.05) is 46.8 Å². The first-order chi connectivity index (χ1) is 11.2. The highest BCUT2D eigenvalue weighted by molar-refractivity contribution is 6.09. The van der Waals surface area contributed by atoms with Gasteiger partial charge in [0.25, 0.3) is 0 Å². The second kappa shape index (κ2) is 7.08. The molecule has 3 nitrogen and oxygen atoms in total. The van der Waals surface area contributed by atoms with E-state index in [0.717, 1.165) is 11.3 Å². The predicted molar refractivity (Wildman–Crippen MR) is 99.8 cm³/mol. The van der Waals surface area contributed by atoms with Crippen LogP contribution in [0.25, 0.3) is 0 Å². The minimum absolute atomic E-state index is 0.0248. The Kier molecular flexibility index (Phi) is 5.33. The average Bonchev–Trinajstić information content (AvgIpc) is 2.51. The second-order valence-electron chi connectivity index (χ2n) is 7.62. The number of ketones is 1. The van der Waals surface area contributed by atoms with Gasteiger partial charge < -0.3 is 10.5 Å². The first-order valence-corrected chi connectivity index (χ1v) is 8.36. The van der Waals surface area contributed by atoms with E-state index in [0.29, 0.717) is 29.3 Å². The van der Waals surface area contributed by atoms with Crippen LogP contribution in [0.2, 0.25) is 0 Å². The largest absolute Gasteiger partial charge is 0.493 e. The van der Waals surface area contributed by atoms with Crippen molar-refractivity contribution in [1.82, 2.24) is 0 Å². The maximum absolute atomic E-state index is 12.8. The third-order valence-electron chi connectivity index (χ3n) is 3.77. The Balaban J connectivity index is 2.40. The van der Waals surface area contributed by atoms with Crippen molar-refractivity contribution in [3.05, 3.63) is 59.2 Å². The summed E-state index contributed by atoms with van der Waals surface area (Å²) in [5, 5.41) is 0. The predicted octanol–water partition coefficient (Wildman–Crippen LogP) is 4.83. The van der Waals surface area contributed by atoms with Crippen LogP contribution in [0.5, 0.6) is 5.75 Å². The lowest BCUT2D eigenvalue weighted by Crippen LogP contribution is -2.16. The Bertz CT molecular complexity index is 727. The Labute approximate surface area is 144 Å². The number of ether oxygens (including phenoxy) is 1. The summed E-state index contributed by atoms with van der Waals surface area (Å²) in [5.74, 6) is 1.27. The molecule has 0 aliphatic rings. The summed E-state index contributed by atoms with van der Waals surface area (Å²) >= 11 is 0. The van der Waals surface area contributed by atoms with E-state index in [4.69, 9.17) is 10.5 Å². The lowest BCUT2D eigenvalue weighted by Gasteiger charge is -2.24. The second-order valence-corrected chi connectivity index (χ2v) is 7.62. The van der Waals surface area contributed by atoms with E-state index < -0.39 is 0 Å². The van der Waals surface area contributed by atoms with Gasteiger partial charge in [-0.05, 0) is 41.7 Å². The Morgan fingerprint density at radius 1 is 1.08 bits per heavy atom. The molecule has 2 aromatic carbocycles. The van der Waals surface area contributed by atoms with Crippen LogP contribution in [-0.4, -0.2) is 12.4 Å². The van der Waals surface area contributed by atoms with E-state index in [9.17, 15) is 4.79 Å². The fourth-order valence-electron chi connectivity index (χ4n) is 2.49. The lowest BCUT2D eigenvalue weighted by molar-refractivity contribution is 0.103. The normalized spacial score (nSPS) is 11.6. The molecule has 0 radical (unpaired) electrons. The van der Waals surface area contributed by atoms with Crippen LogP contribution in [0, 0.1) is 5.92 Å². The molecule has 0 fully saturated rings. The van der Waals surface area contributed by atoms with Crippen LogP contribution in [0.3, 0.4) is 0 Å². The molecule has 0 saturated heterocycles. The summed E-state index contributed by atoms with van der Waals surface area (Å²) in [7, 11) is 0. The molecule has 0 amide bonds. The minimum Gasteiger partial charge on any atom is -0.493 e. The number of nitrogen functional groups attached to an aromatic ring is 1. The molecule has 128 valence electrons. The van der Waals surface area contributed by atoms with Crippen molar-refractivity contribution < 1.29 is 9.53 Å². The van der Waals surface area contributed by atoms with Crippen molar-refractivity contribution in [2.45, 2.75) is 40.0 Å². The van der Waals surface area contributed by atoms with Crippen molar-refractivity contribution in [3.8, 4) is 5.75 Å². The van der Waals surface area contributed by atoms with Gasteiger partial charge in [0.15, 0.2) is 5.78 Å². The van der Waals surface area contributed by atoms with E-state index in [1.165, 1.54) is 0 Å². The van der Waals surface area contributed by atoms with Gasteiger partial charge in [0, 0.05) is 22.4 Å². The molecule has 3 heteroatoms. The average molecular weight is 325 g/mol. The van der Waals surface area contributed by atoms with Gasteiger partial charge in [-0.3, -0.25) is 4.79 Å². The molecule has 0 aromatic heterocycles. The number of hydrogen-bond donors (Lipinski definition) is 1.